The summed E-state index contributed by atoms with van der Waals surface area (Å²) in [6, 6.07) is 1.07. The summed E-state index contributed by atoms with van der Waals surface area (Å²) in [6.45, 7) is 3.00. The summed E-state index contributed by atoms with van der Waals surface area (Å²) < 4.78 is 0. The second-order valence-corrected chi connectivity index (χ2v) is 9.09. The Balaban J connectivity index is 0.00000112. The van der Waals surface area contributed by atoms with Crippen LogP contribution in [0.3, 0.4) is 0 Å². The Morgan fingerprint density at radius 3 is 2.57 bits per heavy atom. The van der Waals surface area contributed by atoms with Gasteiger partial charge >= 0.3 is 0 Å². The maximum Gasteiger partial charge on any atom is 0.239 e. The molecule has 8 heteroatoms. The van der Waals surface area contributed by atoms with Gasteiger partial charge in [-0.3, -0.25) is 9.69 Å². The van der Waals surface area contributed by atoms with Crippen molar-refractivity contribution in [3.8, 4) is 0 Å². The Kier molecular flexibility index (Phi) is 6.96. The van der Waals surface area contributed by atoms with E-state index in [-0.39, 0.29) is 30.7 Å². The predicted molar refractivity (Wildman–Crippen MR) is 114 cm³/mol. The number of nitrogens with two attached hydrogens (primary N) is 1. The van der Waals surface area contributed by atoms with Gasteiger partial charge in [0.2, 0.25) is 5.91 Å². The van der Waals surface area contributed by atoms with Gasteiger partial charge in [0.15, 0.2) is 0 Å². The molecule has 3 N–H and O–H groups in total. The zero-order chi connectivity index (χ0) is 17.7. The van der Waals surface area contributed by atoms with Crippen LogP contribution < -0.4 is 5.73 Å². The largest absolute Gasteiger partial charge is 0.348 e. The van der Waals surface area contributed by atoms with Crippen molar-refractivity contribution >= 4 is 30.7 Å². The van der Waals surface area contributed by atoms with Crippen LogP contribution in [0, 0.1) is 17.8 Å². The molecule has 3 aliphatic heterocycles. The molecule has 1 saturated carbocycles. The van der Waals surface area contributed by atoms with Crippen molar-refractivity contribution in [3.63, 3.8) is 0 Å². The van der Waals surface area contributed by atoms with E-state index < -0.39 is 6.04 Å². The zero-order valence-corrected chi connectivity index (χ0v) is 18.0. The molecule has 0 spiro atoms. The van der Waals surface area contributed by atoms with E-state index in [4.69, 9.17) is 5.73 Å². The SMILES string of the molecule is Cl.Cl.N[C@@H](Cc1cnc[nH]1)C(=O)N1C[C@@H]2C[C@H](C1)[C@@H]1CCC[C@H](C3CC3)N1C2. The van der Waals surface area contributed by atoms with Crippen LogP contribution in [-0.4, -0.2) is 63.4 Å². The summed E-state index contributed by atoms with van der Waals surface area (Å²) in [4.78, 5) is 25.0. The summed E-state index contributed by atoms with van der Waals surface area (Å²) in [5.74, 6) is 2.37. The monoisotopic (exact) mass is 429 g/mol. The van der Waals surface area contributed by atoms with Crippen molar-refractivity contribution in [1.82, 2.24) is 19.8 Å². The fraction of sp³-hybridized carbons (Fsp3) is 0.800. The molecule has 4 heterocycles. The first kappa shape index (κ1) is 21.9. The van der Waals surface area contributed by atoms with Crippen LogP contribution in [0.15, 0.2) is 12.5 Å². The third-order valence-electron chi connectivity index (χ3n) is 7.22. The van der Waals surface area contributed by atoms with Crippen molar-refractivity contribution in [2.75, 3.05) is 19.6 Å². The molecule has 4 fully saturated rings. The molecule has 0 aromatic carbocycles. The number of carbonyl (C=O) groups is 1. The van der Waals surface area contributed by atoms with E-state index in [1.54, 1.807) is 12.5 Å². The number of piperidine rings is 3. The Morgan fingerprint density at radius 1 is 1.14 bits per heavy atom. The average molecular weight is 430 g/mol. The van der Waals surface area contributed by atoms with Crippen LogP contribution in [0.5, 0.6) is 0 Å². The zero-order valence-electron chi connectivity index (χ0n) is 16.3. The summed E-state index contributed by atoms with van der Waals surface area (Å²) in [5.41, 5.74) is 7.18. The second-order valence-electron chi connectivity index (χ2n) is 9.09. The fourth-order valence-corrected chi connectivity index (χ4v) is 5.97. The highest BCUT2D eigenvalue weighted by Crippen LogP contribution is 2.46. The highest BCUT2D eigenvalue weighted by Gasteiger charge is 2.48. The number of imidazole rings is 1. The number of fused-ring (bicyclic) bond motifs is 4. The normalized spacial score (nSPS) is 33.2. The standard InChI is InChI=1S/C20H31N5O.2ClH/c21-17(7-16-8-22-12-23-16)20(26)24-9-13-6-15(11-24)19-3-1-2-18(14-4-5-14)25(19)10-13;;/h8,12-15,17-19H,1-7,9-11,21H2,(H,22,23);2*1H/t13-,15+,17-,18+,19-;;/m0../s1. The minimum Gasteiger partial charge on any atom is -0.348 e. The average Bonchev–Trinajstić information content (AvgIpc) is 3.37. The molecule has 0 radical (unpaired) electrons. The van der Waals surface area contributed by atoms with Gasteiger partial charge in [0, 0.05) is 50.0 Å². The molecule has 1 amide bonds. The Morgan fingerprint density at radius 2 is 1.89 bits per heavy atom. The van der Waals surface area contributed by atoms with Crippen molar-refractivity contribution in [2.24, 2.45) is 23.5 Å². The van der Waals surface area contributed by atoms with Gasteiger partial charge in [-0.25, -0.2) is 4.98 Å². The van der Waals surface area contributed by atoms with Crippen molar-refractivity contribution in [3.05, 3.63) is 18.2 Å². The number of aromatic nitrogens is 2. The third kappa shape index (κ3) is 4.20. The molecular formula is C20H33Cl2N5O. The van der Waals surface area contributed by atoms with Crippen LogP contribution in [0.1, 0.15) is 44.2 Å². The molecule has 0 unspecified atom stereocenters. The highest BCUT2D eigenvalue weighted by atomic mass is 35.5. The van der Waals surface area contributed by atoms with Crippen LogP contribution in [0.4, 0.5) is 0 Å². The van der Waals surface area contributed by atoms with E-state index in [0.717, 1.165) is 30.7 Å². The number of aromatic amines is 1. The van der Waals surface area contributed by atoms with Gasteiger partial charge in [-0.1, -0.05) is 6.42 Å². The number of nitrogens with zero attached hydrogens (tertiary/aromatic N) is 3. The van der Waals surface area contributed by atoms with Crippen molar-refractivity contribution in [1.29, 1.82) is 0 Å². The van der Waals surface area contributed by atoms with Gasteiger partial charge < -0.3 is 15.6 Å². The van der Waals surface area contributed by atoms with Crippen LogP contribution >= 0.6 is 24.8 Å². The lowest BCUT2D eigenvalue weighted by molar-refractivity contribution is -0.140. The first-order valence-electron chi connectivity index (χ1n) is 10.5. The molecule has 158 valence electrons. The number of likely N-dealkylation sites (tertiary alicyclic amines) is 1. The number of carbonyl (C=O) groups excluding carboxylic acids is 1. The molecule has 5 rings (SSSR count). The highest BCUT2D eigenvalue weighted by molar-refractivity contribution is 5.85. The molecule has 4 aliphatic rings. The van der Waals surface area contributed by atoms with Gasteiger partial charge in [-0.05, 0) is 49.9 Å². The summed E-state index contributed by atoms with van der Waals surface area (Å²) in [7, 11) is 0. The molecule has 1 aliphatic carbocycles. The van der Waals surface area contributed by atoms with Crippen LogP contribution in [0.25, 0.3) is 0 Å². The molecule has 5 atom stereocenters. The minimum absolute atomic E-state index is 0. The minimum atomic E-state index is -0.462. The summed E-state index contributed by atoms with van der Waals surface area (Å²) in [6.07, 6.45) is 12.2. The Bertz CT molecular complexity index is 653. The van der Waals surface area contributed by atoms with Gasteiger partial charge in [0.25, 0.3) is 0 Å². The second kappa shape index (κ2) is 8.90. The first-order valence-corrected chi connectivity index (χ1v) is 10.5. The smallest absolute Gasteiger partial charge is 0.239 e. The third-order valence-corrected chi connectivity index (χ3v) is 7.22. The maximum absolute atomic E-state index is 13.0. The number of nitrogens with one attached hydrogen (secondary N) is 1. The fourth-order valence-electron chi connectivity index (χ4n) is 5.97. The van der Waals surface area contributed by atoms with E-state index in [1.807, 2.05) is 0 Å². The molecule has 2 bridgehead atoms. The lowest BCUT2D eigenvalue weighted by atomic mass is 9.74. The maximum atomic E-state index is 13.0. The molecule has 28 heavy (non-hydrogen) atoms. The van der Waals surface area contributed by atoms with Crippen LogP contribution in [-0.2, 0) is 11.2 Å². The van der Waals surface area contributed by atoms with E-state index in [2.05, 4.69) is 19.8 Å². The van der Waals surface area contributed by atoms with E-state index in [9.17, 15) is 4.79 Å². The number of rotatable bonds is 4. The number of hydrogen-bond acceptors (Lipinski definition) is 4. The molecule has 6 nitrogen and oxygen atoms in total. The van der Waals surface area contributed by atoms with E-state index in [1.165, 1.54) is 45.1 Å². The number of amides is 1. The Labute approximate surface area is 179 Å². The quantitative estimate of drug-likeness (QED) is 0.768. The molecular weight excluding hydrogens is 397 g/mol. The van der Waals surface area contributed by atoms with Gasteiger partial charge in [-0.15, -0.1) is 24.8 Å². The van der Waals surface area contributed by atoms with Crippen molar-refractivity contribution < 1.29 is 4.79 Å². The topological polar surface area (TPSA) is 78.2 Å². The van der Waals surface area contributed by atoms with Gasteiger partial charge in [0.05, 0.1) is 12.4 Å². The van der Waals surface area contributed by atoms with E-state index >= 15 is 0 Å². The number of hydrogen-bond donors (Lipinski definition) is 2. The lowest BCUT2D eigenvalue weighted by Gasteiger charge is -2.55. The predicted octanol–water partition coefficient (Wildman–Crippen LogP) is 2.23. The van der Waals surface area contributed by atoms with Crippen molar-refractivity contribution in [2.45, 2.75) is 63.1 Å². The molecule has 3 saturated heterocycles. The summed E-state index contributed by atoms with van der Waals surface area (Å²) in [5, 5.41) is 0. The van der Waals surface area contributed by atoms with Gasteiger partial charge in [0.1, 0.15) is 0 Å². The van der Waals surface area contributed by atoms with Crippen LogP contribution in [0.2, 0.25) is 0 Å². The van der Waals surface area contributed by atoms with Gasteiger partial charge in [-0.2, -0.15) is 0 Å². The first-order chi connectivity index (χ1) is 12.7. The Hall–Kier alpha value is -0.820. The lowest BCUT2D eigenvalue weighted by Crippen LogP contribution is -2.63. The molecule has 1 aromatic rings. The van der Waals surface area contributed by atoms with E-state index in [0.29, 0.717) is 24.3 Å². The number of H-pyrrole nitrogens is 1. The molecule has 1 aromatic heterocycles. The number of halogens is 2. The summed E-state index contributed by atoms with van der Waals surface area (Å²) >= 11 is 0.